The molecule has 4 aromatic carbocycles. The van der Waals surface area contributed by atoms with E-state index in [9.17, 15) is 0 Å². The molecular weight excluding hydrogens is 442 g/mol. The Morgan fingerprint density at radius 2 is 1.54 bits per heavy atom. The van der Waals surface area contributed by atoms with Gasteiger partial charge in [-0.3, -0.25) is 0 Å². The van der Waals surface area contributed by atoms with E-state index < -0.39 is 0 Å². The molecule has 3 aliphatic rings. The number of allylic oxidation sites excluding steroid dienone is 3. The highest BCUT2D eigenvalue weighted by Crippen LogP contribution is 2.52. The Balaban J connectivity index is 1.41. The van der Waals surface area contributed by atoms with Crippen LogP contribution in [-0.2, 0) is 5.41 Å². The van der Waals surface area contributed by atoms with E-state index in [-0.39, 0.29) is 5.41 Å². The standard InChI is InChI=1S/C33H25NS/c1-33(2)27-12-6-3-9-21(27)24-18-25-22-10-4-7-13-29(22)34(30(25)19-28(24)33)20-15-16-32-26(17-20)23-11-5-8-14-31(23)35-32/h3-19,26,32H,1-2H3. The van der Waals surface area contributed by atoms with Crippen LogP contribution in [0.2, 0.25) is 0 Å². The molecule has 2 aliphatic carbocycles. The van der Waals surface area contributed by atoms with Crippen LogP contribution in [0, 0.1) is 0 Å². The third kappa shape index (κ3) is 2.56. The summed E-state index contributed by atoms with van der Waals surface area (Å²) in [6.45, 7) is 4.74. The van der Waals surface area contributed by atoms with Crippen LogP contribution in [0.1, 0.15) is 36.5 Å². The van der Waals surface area contributed by atoms with Crippen molar-refractivity contribution in [3.8, 4) is 11.1 Å². The van der Waals surface area contributed by atoms with E-state index in [0.29, 0.717) is 11.2 Å². The summed E-state index contributed by atoms with van der Waals surface area (Å²) in [5.41, 5.74) is 10.9. The van der Waals surface area contributed by atoms with Gasteiger partial charge in [-0.25, -0.2) is 0 Å². The van der Waals surface area contributed by atoms with E-state index >= 15 is 0 Å². The second kappa shape index (κ2) is 6.80. The second-order valence-electron chi connectivity index (χ2n) is 10.5. The summed E-state index contributed by atoms with van der Waals surface area (Å²) in [5, 5.41) is 3.15. The topological polar surface area (TPSA) is 4.93 Å². The van der Waals surface area contributed by atoms with Crippen molar-refractivity contribution >= 4 is 39.3 Å². The van der Waals surface area contributed by atoms with Gasteiger partial charge in [0.05, 0.1) is 11.0 Å². The molecule has 0 bridgehead atoms. The molecule has 0 radical (unpaired) electrons. The molecule has 0 fully saturated rings. The zero-order valence-corrected chi connectivity index (χ0v) is 20.6. The molecule has 0 saturated carbocycles. The van der Waals surface area contributed by atoms with Crippen molar-refractivity contribution in [1.82, 2.24) is 4.57 Å². The quantitative estimate of drug-likeness (QED) is 0.238. The smallest absolute Gasteiger partial charge is 0.0544 e. The number of rotatable bonds is 1. The second-order valence-corrected chi connectivity index (χ2v) is 11.8. The summed E-state index contributed by atoms with van der Waals surface area (Å²) < 4.78 is 2.50. The van der Waals surface area contributed by atoms with E-state index in [4.69, 9.17) is 0 Å². The highest BCUT2D eigenvalue weighted by molar-refractivity contribution is 8.00. The highest BCUT2D eigenvalue weighted by Gasteiger charge is 2.37. The average molecular weight is 468 g/mol. The van der Waals surface area contributed by atoms with E-state index in [1.54, 1.807) is 0 Å². The van der Waals surface area contributed by atoms with Gasteiger partial charge in [0.2, 0.25) is 0 Å². The number of fused-ring (bicyclic) bond motifs is 9. The molecule has 0 N–H and O–H groups in total. The van der Waals surface area contributed by atoms with Crippen LogP contribution in [0.3, 0.4) is 0 Å². The van der Waals surface area contributed by atoms with Crippen LogP contribution in [-0.4, -0.2) is 9.82 Å². The van der Waals surface area contributed by atoms with Gasteiger partial charge in [0.25, 0.3) is 0 Å². The summed E-state index contributed by atoms with van der Waals surface area (Å²) in [5.74, 6) is 0.419. The number of hydrogen-bond donors (Lipinski definition) is 0. The van der Waals surface area contributed by atoms with Crippen LogP contribution < -0.4 is 0 Å². The molecule has 1 aromatic heterocycles. The predicted octanol–water partition coefficient (Wildman–Crippen LogP) is 8.77. The molecule has 2 heteroatoms. The Morgan fingerprint density at radius 1 is 0.743 bits per heavy atom. The Morgan fingerprint density at radius 3 is 2.49 bits per heavy atom. The maximum Gasteiger partial charge on any atom is 0.0544 e. The SMILES string of the molecule is CC1(C)c2ccccc2-c2cc3c4ccccc4n(C4=CC5c6ccccc6SC5C=C4)c3cc21. The predicted molar refractivity (Wildman–Crippen MR) is 149 cm³/mol. The first-order valence-corrected chi connectivity index (χ1v) is 13.3. The number of thioether (sulfide) groups is 1. The van der Waals surface area contributed by atoms with Gasteiger partial charge in [-0.1, -0.05) is 86.7 Å². The molecule has 0 spiro atoms. The lowest BCUT2D eigenvalue weighted by atomic mass is 9.82. The molecule has 8 rings (SSSR count). The maximum atomic E-state index is 2.50. The van der Waals surface area contributed by atoms with Gasteiger partial charge in [-0.05, 0) is 58.2 Å². The lowest BCUT2D eigenvalue weighted by Crippen LogP contribution is -2.15. The van der Waals surface area contributed by atoms with Crippen LogP contribution in [0.5, 0.6) is 0 Å². The molecular formula is C33H25NS. The largest absolute Gasteiger partial charge is 0.310 e. The van der Waals surface area contributed by atoms with Crippen LogP contribution in [0.25, 0.3) is 38.6 Å². The van der Waals surface area contributed by atoms with Crippen molar-refractivity contribution in [2.75, 3.05) is 0 Å². The van der Waals surface area contributed by atoms with Crippen molar-refractivity contribution < 1.29 is 0 Å². The zero-order valence-electron chi connectivity index (χ0n) is 19.8. The fourth-order valence-electron chi connectivity index (χ4n) is 6.63. The van der Waals surface area contributed by atoms with Crippen molar-refractivity contribution in [1.29, 1.82) is 0 Å². The molecule has 0 saturated heterocycles. The summed E-state index contributed by atoms with van der Waals surface area (Å²) in [6.07, 6.45) is 7.26. The number of hydrogen-bond acceptors (Lipinski definition) is 1. The third-order valence-electron chi connectivity index (χ3n) is 8.34. The van der Waals surface area contributed by atoms with Crippen LogP contribution >= 0.6 is 11.8 Å². The summed E-state index contributed by atoms with van der Waals surface area (Å²) in [4.78, 5) is 1.42. The first kappa shape index (κ1) is 19.8. The third-order valence-corrected chi connectivity index (χ3v) is 9.68. The molecule has 0 amide bonds. The van der Waals surface area contributed by atoms with E-state index in [0.717, 1.165) is 0 Å². The normalized spacial score (nSPS) is 21.0. The van der Waals surface area contributed by atoms with Gasteiger partial charge in [-0.2, -0.15) is 0 Å². The summed E-state index contributed by atoms with van der Waals surface area (Å²) in [7, 11) is 0. The lowest BCUT2D eigenvalue weighted by molar-refractivity contribution is 0.661. The first-order valence-electron chi connectivity index (χ1n) is 12.4. The average Bonchev–Trinajstić information content (AvgIpc) is 3.49. The summed E-state index contributed by atoms with van der Waals surface area (Å²) in [6, 6.07) is 31.7. The molecule has 1 aliphatic heterocycles. The molecule has 2 atom stereocenters. The Bertz CT molecular complexity index is 1760. The van der Waals surface area contributed by atoms with Crippen molar-refractivity contribution in [3.05, 3.63) is 120 Å². The van der Waals surface area contributed by atoms with Gasteiger partial charge < -0.3 is 4.57 Å². The Labute approximate surface area is 209 Å². The van der Waals surface area contributed by atoms with Crippen molar-refractivity contribution in [2.24, 2.45) is 0 Å². The van der Waals surface area contributed by atoms with Gasteiger partial charge in [0.1, 0.15) is 0 Å². The molecule has 168 valence electrons. The number of para-hydroxylation sites is 1. The lowest BCUT2D eigenvalue weighted by Gasteiger charge is -2.23. The van der Waals surface area contributed by atoms with E-state index in [1.165, 1.54) is 60.2 Å². The molecule has 2 heterocycles. The van der Waals surface area contributed by atoms with Gasteiger partial charge in [-0.15, -0.1) is 11.8 Å². The zero-order chi connectivity index (χ0) is 23.3. The van der Waals surface area contributed by atoms with Gasteiger partial charge >= 0.3 is 0 Å². The van der Waals surface area contributed by atoms with Crippen molar-refractivity contribution in [2.45, 2.75) is 35.3 Å². The Hall–Kier alpha value is -3.49. The van der Waals surface area contributed by atoms with Crippen LogP contribution in [0.15, 0.2) is 108 Å². The molecule has 5 aromatic rings. The maximum absolute atomic E-state index is 2.50. The highest BCUT2D eigenvalue weighted by atomic mass is 32.2. The molecule has 2 unspecified atom stereocenters. The van der Waals surface area contributed by atoms with Crippen LogP contribution in [0.4, 0.5) is 0 Å². The van der Waals surface area contributed by atoms with Gasteiger partial charge in [0.15, 0.2) is 0 Å². The summed E-state index contributed by atoms with van der Waals surface area (Å²) >= 11 is 1.99. The van der Waals surface area contributed by atoms with E-state index in [1.807, 2.05) is 11.8 Å². The number of benzene rings is 4. The number of nitrogens with zero attached hydrogens (tertiary/aromatic N) is 1. The minimum atomic E-state index is -0.00961. The number of aromatic nitrogens is 1. The Kier molecular flexibility index (Phi) is 3.84. The van der Waals surface area contributed by atoms with Crippen molar-refractivity contribution in [3.63, 3.8) is 0 Å². The minimum Gasteiger partial charge on any atom is -0.310 e. The molecule has 35 heavy (non-hydrogen) atoms. The first-order chi connectivity index (χ1) is 17.1. The monoisotopic (exact) mass is 467 g/mol. The molecule has 1 nitrogen and oxygen atoms in total. The van der Waals surface area contributed by atoms with Gasteiger partial charge in [0, 0.05) is 37.9 Å². The minimum absolute atomic E-state index is 0.00961. The fourth-order valence-corrected chi connectivity index (χ4v) is 7.95. The van der Waals surface area contributed by atoms with E-state index in [2.05, 4.69) is 122 Å². The fraction of sp³-hybridized carbons (Fsp3) is 0.152.